The second kappa shape index (κ2) is 8.93. The number of aliphatic imine (C=N–C) groups is 1. The van der Waals surface area contributed by atoms with E-state index in [1.54, 1.807) is 19.2 Å². The van der Waals surface area contributed by atoms with Crippen LogP contribution in [-0.2, 0) is 10.9 Å². The highest BCUT2D eigenvalue weighted by molar-refractivity contribution is 5.79. The molecule has 1 saturated carbocycles. The van der Waals surface area contributed by atoms with Crippen LogP contribution < -0.4 is 10.6 Å². The Morgan fingerprint density at radius 3 is 2.41 bits per heavy atom. The van der Waals surface area contributed by atoms with E-state index in [0.717, 1.165) is 49.2 Å². The molecule has 27 heavy (non-hydrogen) atoms. The summed E-state index contributed by atoms with van der Waals surface area (Å²) in [4.78, 5) is 6.49. The normalized spacial score (nSPS) is 20.4. The molecule has 5 nitrogen and oxygen atoms in total. The van der Waals surface area contributed by atoms with Crippen LogP contribution >= 0.6 is 0 Å². The lowest BCUT2D eigenvalue weighted by Crippen LogP contribution is -2.46. The van der Waals surface area contributed by atoms with Gasteiger partial charge in [-0.25, -0.2) is 0 Å². The maximum absolute atomic E-state index is 12.9. The summed E-state index contributed by atoms with van der Waals surface area (Å²) in [6.07, 6.45) is -1.81. The molecule has 0 aromatic heterocycles. The fourth-order valence-electron chi connectivity index (χ4n) is 3.22. The van der Waals surface area contributed by atoms with E-state index in [1.165, 1.54) is 12.8 Å². The van der Waals surface area contributed by atoms with Crippen LogP contribution in [0.25, 0.3) is 0 Å². The Kier molecular flexibility index (Phi) is 6.59. The Bertz CT molecular complexity index is 623. The molecule has 0 radical (unpaired) electrons. The molecule has 1 heterocycles. The highest BCUT2D eigenvalue weighted by Crippen LogP contribution is 2.31. The fraction of sp³-hybridized carbons (Fsp3) is 0.632. The average Bonchev–Trinajstić information content (AvgIpc) is 3.49. The Hall–Kier alpha value is -1.80. The topological polar surface area (TPSA) is 48.9 Å². The minimum absolute atomic E-state index is 0.0457. The van der Waals surface area contributed by atoms with E-state index in [4.69, 9.17) is 4.74 Å². The molecule has 1 saturated heterocycles. The van der Waals surface area contributed by atoms with E-state index in [9.17, 15) is 13.2 Å². The van der Waals surface area contributed by atoms with Crippen molar-refractivity contribution in [1.29, 1.82) is 0 Å². The van der Waals surface area contributed by atoms with E-state index < -0.39 is 11.7 Å². The quantitative estimate of drug-likeness (QED) is 0.585. The first-order chi connectivity index (χ1) is 13.0. The SMILES string of the molecule is CN=C(NCC1CC1)NCC(c1ccc(C(F)(F)F)cc1)N1CCOCC1. The van der Waals surface area contributed by atoms with Crippen molar-refractivity contribution in [2.24, 2.45) is 10.9 Å². The highest BCUT2D eigenvalue weighted by atomic mass is 19.4. The average molecular weight is 384 g/mol. The predicted molar refractivity (Wildman–Crippen MR) is 98.7 cm³/mol. The van der Waals surface area contributed by atoms with Gasteiger partial charge >= 0.3 is 6.18 Å². The number of halogens is 3. The molecule has 1 aromatic rings. The molecule has 0 spiro atoms. The number of benzene rings is 1. The lowest BCUT2D eigenvalue weighted by atomic mass is 10.0. The summed E-state index contributed by atoms with van der Waals surface area (Å²) in [5.41, 5.74) is 0.233. The van der Waals surface area contributed by atoms with Crippen LogP contribution in [0.15, 0.2) is 29.3 Å². The zero-order valence-corrected chi connectivity index (χ0v) is 15.6. The lowest BCUT2D eigenvalue weighted by molar-refractivity contribution is -0.137. The van der Waals surface area contributed by atoms with Crippen molar-refractivity contribution < 1.29 is 17.9 Å². The van der Waals surface area contributed by atoms with Crippen molar-refractivity contribution >= 4 is 5.96 Å². The summed E-state index contributed by atoms with van der Waals surface area (Å²) in [6.45, 7) is 4.23. The number of hydrogen-bond donors (Lipinski definition) is 2. The van der Waals surface area contributed by atoms with Crippen molar-refractivity contribution in [3.63, 3.8) is 0 Å². The monoisotopic (exact) mass is 384 g/mol. The summed E-state index contributed by atoms with van der Waals surface area (Å²) in [5, 5.41) is 6.64. The van der Waals surface area contributed by atoms with Crippen molar-refractivity contribution in [3.05, 3.63) is 35.4 Å². The van der Waals surface area contributed by atoms with E-state index in [-0.39, 0.29) is 6.04 Å². The minimum atomic E-state index is -4.32. The summed E-state index contributed by atoms with van der Waals surface area (Å²) in [6, 6.07) is 5.41. The van der Waals surface area contributed by atoms with E-state index in [1.807, 2.05) is 0 Å². The lowest BCUT2D eigenvalue weighted by Gasteiger charge is -2.35. The van der Waals surface area contributed by atoms with Crippen LogP contribution in [0.2, 0.25) is 0 Å². The summed E-state index contributed by atoms with van der Waals surface area (Å²) in [5.74, 6) is 1.46. The fourth-order valence-corrected chi connectivity index (χ4v) is 3.22. The molecule has 2 fully saturated rings. The number of hydrogen-bond acceptors (Lipinski definition) is 3. The highest BCUT2D eigenvalue weighted by Gasteiger charge is 2.31. The van der Waals surface area contributed by atoms with Crippen LogP contribution in [0.1, 0.15) is 30.0 Å². The van der Waals surface area contributed by atoms with Crippen molar-refractivity contribution in [3.8, 4) is 0 Å². The molecular formula is C19H27F3N4O. The number of rotatable bonds is 6. The first-order valence-electron chi connectivity index (χ1n) is 9.41. The predicted octanol–water partition coefficient (Wildman–Crippen LogP) is 2.65. The van der Waals surface area contributed by atoms with Crippen molar-refractivity contribution in [2.45, 2.75) is 25.1 Å². The molecule has 1 aromatic carbocycles. The second-order valence-electron chi connectivity index (χ2n) is 7.06. The van der Waals surface area contributed by atoms with E-state index in [2.05, 4.69) is 20.5 Å². The van der Waals surface area contributed by atoms with Crippen molar-refractivity contribution in [2.75, 3.05) is 46.4 Å². The molecule has 0 bridgehead atoms. The Balaban J connectivity index is 1.68. The molecule has 2 aliphatic rings. The Labute approximate surface area is 158 Å². The molecule has 1 aliphatic carbocycles. The van der Waals surface area contributed by atoms with Gasteiger partial charge in [-0.05, 0) is 36.5 Å². The smallest absolute Gasteiger partial charge is 0.379 e. The third-order valence-corrected chi connectivity index (χ3v) is 5.05. The molecule has 2 N–H and O–H groups in total. The van der Waals surface area contributed by atoms with Crippen LogP contribution in [0.5, 0.6) is 0 Å². The molecule has 1 aliphatic heterocycles. The van der Waals surface area contributed by atoms with Gasteiger partial charge in [0.2, 0.25) is 0 Å². The Morgan fingerprint density at radius 1 is 1.19 bits per heavy atom. The minimum Gasteiger partial charge on any atom is -0.379 e. The molecule has 1 unspecified atom stereocenters. The summed E-state index contributed by atoms with van der Waals surface area (Å²) in [7, 11) is 1.73. The van der Waals surface area contributed by atoms with Crippen LogP contribution in [0.4, 0.5) is 13.2 Å². The van der Waals surface area contributed by atoms with E-state index in [0.29, 0.717) is 19.8 Å². The second-order valence-corrected chi connectivity index (χ2v) is 7.06. The molecular weight excluding hydrogens is 357 g/mol. The number of nitrogens with one attached hydrogen (secondary N) is 2. The number of alkyl halides is 3. The Morgan fingerprint density at radius 2 is 1.85 bits per heavy atom. The maximum Gasteiger partial charge on any atom is 0.416 e. The number of morpholine rings is 1. The van der Waals surface area contributed by atoms with Gasteiger partial charge in [0.25, 0.3) is 0 Å². The van der Waals surface area contributed by atoms with Crippen LogP contribution in [0, 0.1) is 5.92 Å². The van der Waals surface area contributed by atoms with Crippen molar-refractivity contribution in [1.82, 2.24) is 15.5 Å². The molecule has 1 atom stereocenters. The van der Waals surface area contributed by atoms with Gasteiger partial charge in [-0.3, -0.25) is 9.89 Å². The van der Waals surface area contributed by atoms with Gasteiger partial charge in [0.15, 0.2) is 5.96 Å². The van der Waals surface area contributed by atoms with Gasteiger partial charge < -0.3 is 15.4 Å². The van der Waals surface area contributed by atoms with Gasteiger partial charge in [-0.15, -0.1) is 0 Å². The maximum atomic E-state index is 12.9. The molecule has 0 amide bonds. The van der Waals surface area contributed by atoms with Gasteiger partial charge in [0.1, 0.15) is 0 Å². The summed E-state index contributed by atoms with van der Waals surface area (Å²) >= 11 is 0. The zero-order valence-electron chi connectivity index (χ0n) is 15.6. The van der Waals surface area contributed by atoms with Gasteiger partial charge in [0, 0.05) is 33.2 Å². The molecule has 3 rings (SSSR count). The zero-order chi connectivity index (χ0) is 19.3. The number of nitrogens with zero attached hydrogens (tertiary/aromatic N) is 2. The first kappa shape index (κ1) is 19.9. The van der Waals surface area contributed by atoms with Crippen LogP contribution in [-0.4, -0.2) is 57.3 Å². The van der Waals surface area contributed by atoms with Gasteiger partial charge in [0.05, 0.1) is 24.8 Å². The van der Waals surface area contributed by atoms with E-state index >= 15 is 0 Å². The third-order valence-electron chi connectivity index (χ3n) is 5.05. The molecule has 150 valence electrons. The number of ether oxygens (including phenoxy) is 1. The molecule has 8 heteroatoms. The number of guanidine groups is 1. The first-order valence-corrected chi connectivity index (χ1v) is 9.41. The summed E-state index contributed by atoms with van der Waals surface area (Å²) < 4.78 is 44.0. The largest absolute Gasteiger partial charge is 0.416 e. The van der Waals surface area contributed by atoms with Crippen LogP contribution in [0.3, 0.4) is 0 Å². The van der Waals surface area contributed by atoms with Gasteiger partial charge in [-0.1, -0.05) is 12.1 Å². The van der Waals surface area contributed by atoms with Gasteiger partial charge in [-0.2, -0.15) is 13.2 Å². The standard InChI is InChI=1S/C19H27F3N4O/c1-23-18(24-12-14-2-3-14)25-13-17(26-8-10-27-11-9-26)15-4-6-16(7-5-15)19(20,21)22/h4-7,14,17H,2-3,8-13H2,1H3,(H2,23,24,25). The third kappa shape index (κ3) is 5.84.